The van der Waals surface area contributed by atoms with Crippen molar-refractivity contribution in [1.82, 2.24) is 0 Å². The number of rotatable bonds is 4. The van der Waals surface area contributed by atoms with Gasteiger partial charge in [0.2, 0.25) is 5.91 Å². The molecular weight excluding hydrogens is 333 g/mol. The van der Waals surface area contributed by atoms with Crippen molar-refractivity contribution in [2.24, 2.45) is 0 Å². The number of carbonyl (C=O) groups is 1. The van der Waals surface area contributed by atoms with E-state index in [-0.39, 0.29) is 5.91 Å². The Morgan fingerprint density at radius 1 is 1.17 bits per heavy atom. The topological polar surface area (TPSA) is 38.3 Å². The Morgan fingerprint density at radius 3 is 2.52 bits per heavy atom. The molecule has 1 aliphatic carbocycles. The molecule has 0 aromatic heterocycles. The molecule has 1 fully saturated rings. The smallest absolute Gasteiger partial charge is 0.235 e. The maximum atomic E-state index is 13.0. The van der Waals surface area contributed by atoms with Crippen LogP contribution in [0.15, 0.2) is 42.5 Å². The molecule has 2 aromatic rings. The van der Waals surface area contributed by atoms with Crippen molar-refractivity contribution in [1.29, 1.82) is 0 Å². The summed E-state index contributed by atoms with van der Waals surface area (Å²) in [6.07, 6.45) is 2.61. The zero-order chi connectivity index (χ0) is 16.4. The number of amides is 1. The van der Waals surface area contributed by atoms with E-state index in [1.807, 2.05) is 24.3 Å². The summed E-state index contributed by atoms with van der Waals surface area (Å²) >= 11 is 12.1. The van der Waals surface area contributed by atoms with Crippen LogP contribution in [0.2, 0.25) is 10.0 Å². The van der Waals surface area contributed by atoms with Crippen molar-refractivity contribution in [3.8, 4) is 5.75 Å². The first-order valence-electron chi connectivity index (χ1n) is 7.47. The van der Waals surface area contributed by atoms with Crippen LogP contribution in [0.1, 0.15) is 24.8 Å². The predicted octanol–water partition coefficient (Wildman–Crippen LogP) is 5.06. The molecule has 3 rings (SSSR count). The Kier molecular flexibility index (Phi) is 4.51. The third-order valence-electron chi connectivity index (χ3n) is 4.44. The number of halogens is 2. The first-order valence-corrected chi connectivity index (χ1v) is 8.22. The van der Waals surface area contributed by atoms with Gasteiger partial charge in [-0.05, 0) is 37.1 Å². The summed E-state index contributed by atoms with van der Waals surface area (Å²) in [5.41, 5.74) is 0.939. The van der Waals surface area contributed by atoms with E-state index in [0.29, 0.717) is 15.7 Å². The third kappa shape index (κ3) is 2.91. The van der Waals surface area contributed by atoms with Gasteiger partial charge in [-0.3, -0.25) is 4.79 Å². The zero-order valence-electron chi connectivity index (χ0n) is 12.7. The van der Waals surface area contributed by atoms with Crippen LogP contribution in [0.5, 0.6) is 5.75 Å². The number of ether oxygens (including phenoxy) is 1. The lowest BCUT2D eigenvalue weighted by Gasteiger charge is -2.41. The minimum absolute atomic E-state index is 0.0579. The van der Waals surface area contributed by atoms with Crippen LogP contribution in [0.25, 0.3) is 0 Å². The van der Waals surface area contributed by atoms with Gasteiger partial charge in [-0.25, -0.2) is 0 Å². The number of carbonyl (C=O) groups excluding carboxylic acids is 1. The van der Waals surface area contributed by atoms with Gasteiger partial charge < -0.3 is 10.1 Å². The molecule has 0 saturated heterocycles. The number of benzene rings is 2. The lowest BCUT2D eigenvalue weighted by molar-refractivity contribution is -0.124. The Morgan fingerprint density at radius 2 is 1.91 bits per heavy atom. The highest BCUT2D eigenvalue weighted by Gasteiger charge is 2.47. The van der Waals surface area contributed by atoms with Gasteiger partial charge in [0.15, 0.2) is 0 Å². The molecule has 1 N–H and O–H groups in total. The summed E-state index contributed by atoms with van der Waals surface area (Å²) in [6.45, 7) is 0. The van der Waals surface area contributed by atoms with Crippen molar-refractivity contribution < 1.29 is 9.53 Å². The molecule has 3 nitrogen and oxygen atoms in total. The first kappa shape index (κ1) is 16.2. The van der Waals surface area contributed by atoms with Crippen LogP contribution < -0.4 is 10.1 Å². The van der Waals surface area contributed by atoms with Gasteiger partial charge >= 0.3 is 0 Å². The Labute approximate surface area is 145 Å². The van der Waals surface area contributed by atoms with Crippen LogP contribution in [-0.2, 0) is 10.2 Å². The summed E-state index contributed by atoms with van der Waals surface area (Å²) in [5, 5.41) is 3.91. The normalized spacial score (nSPS) is 15.6. The highest BCUT2D eigenvalue weighted by atomic mass is 35.5. The van der Waals surface area contributed by atoms with E-state index in [1.54, 1.807) is 25.3 Å². The Bertz CT molecular complexity index is 742. The van der Waals surface area contributed by atoms with Crippen LogP contribution in [0.3, 0.4) is 0 Å². The molecule has 23 heavy (non-hydrogen) atoms. The average Bonchev–Trinajstić information content (AvgIpc) is 2.49. The quantitative estimate of drug-likeness (QED) is 0.837. The number of para-hydroxylation sites is 1. The van der Waals surface area contributed by atoms with Gasteiger partial charge in [0.1, 0.15) is 5.75 Å². The van der Waals surface area contributed by atoms with Crippen LogP contribution in [-0.4, -0.2) is 13.0 Å². The van der Waals surface area contributed by atoms with Crippen molar-refractivity contribution in [3.63, 3.8) is 0 Å². The Balaban J connectivity index is 1.92. The van der Waals surface area contributed by atoms with E-state index in [4.69, 9.17) is 27.9 Å². The number of nitrogens with one attached hydrogen (secondary N) is 1. The fraction of sp³-hybridized carbons (Fsp3) is 0.278. The van der Waals surface area contributed by atoms with Gasteiger partial charge in [-0.15, -0.1) is 0 Å². The molecule has 0 bridgehead atoms. The van der Waals surface area contributed by atoms with Crippen molar-refractivity contribution in [2.45, 2.75) is 24.7 Å². The number of hydrogen-bond acceptors (Lipinski definition) is 2. The largest absolute Gasteiger partial charge is 0.496 e. The summed E-state index contributed by atoms with van der Waals surface area (Å²) in [6, 6.07) is 12.7. The van der Waals surface area contributed by atoms with Gasteiger partial charge in [0, 0.05) is 10.6 Å². The molecule has 0 atom stereocenters. The SMILES string of the molecule is COc1ccccc1C1(C(=O)Nc2ccc(Cl)cc2Cl)CCC1. The van der Waals surface area contributed by atoms with Crippen molar-refractivity contribution in [3.05, 3.63) is 58.1 Å². The minimum Gasteiger partial charge on any atom is -0.496 e. The van der Waals surface area contributed by atoms with Gasteiger partial charge in [-0.1, -0.05) is 47.8 Å². The lowest BCUT2D eigenvalue weighted by Crippen LogP contribution is -2.46. The fourth-order valence-electron chi connectivity index (χ4n) is 3.02. The van der Waals surface area contributed by atoms with Crippen LogP contribution >= 0.6 is 23.2 Å². The number of hydrogen-bond donors (Lipinski definition) is 1. The summed E-state index contributed by atoms with van der Waals surface area (Å²) in [5.74, 6) is 0.682. The average molecular weight is 350 g/mol. The molecule has 1 amide bonds. The molecule has 0 heterocycles. The van der Waals surface area contributed by atoms with E-state index in [1.165, 1.54) is 0 Å². The van der Waals surface area contributed by atoms with Crippen molar-refractivity contribution in [2.75, 3.05) is 12.4 Å². The first-order chi connectivity index (χ1) is 11.1. The van der Waals surface area contributed by atoms with E-state index in [2.05, 4.69) is 5.32 Å². The van der Waals surface area contributed by atoms with E-state index in [9.17, 15) is 4.79 Å². The molecule has 5 heteroatoms. The number of methoxy groups -OCH3 is 1. The molecule has 2 aromatic carbocycles. The molecule has 1 aliphatic rings. The predicted molar refractivity (Wildman–Crippen MR) is 93.6 cm³/mol. The minimum atomic E-state index is -0.560. The zero-order valence-corrected chi connectivity index (χ0v) is 14.2. The molecular formula is C18H17Cl2NO2. The monoisotopic (exact) mass is 349 g/mol. The van der Waals surface area contributed by atoms with Crippen LogP contribution in [0.4, 0.5) is 5.69 Å². The van der Waals surface area contributed by atoms with Crippen molar-refractivity contribution >= 4 is 34.8 Å². The van der Waals surface area contributed by atoms with Gasteiger partial charge in [0.25, 0.3) is 0 Å². The van der Waals surface area contributed by atoms with Crippen LogP contribution in [0, 0.1) is 0 Å². The van der Waals surface area contributed by atoms with Gasteiger partial charge in [-0.2, -0.15) is 0 Å². The second-order valence-corrected chi connectivity index (χ2v) is 6.56. The molecule has 1 saturated carbocycles. The lowest BCUT2D eigenvalue weighted by atomic mass is 9.63. The highest BCUT2D eigenvalue weighted by Crippen LogP contribution is 2.48. The summed E-state index contributed by atoms with van der Waals surface area (Å²) < 4.78 is 5.44. The summed E-state index contributed by atoms with van der Waals surface area (Å²) in [4.78, 5) is 13.0. The van der Waals surface area contributed by atoms with E-state index < -0.39 is 5.41 Å². The van der Waals surface area contributed by atoms with Gasteiger partial charge in [0.05, 0.1) is 23.2 Å². The van der Waals surface area contributed by atoms with E-state index in [0.717, 1.165) is 30.6 Å². The molecule has 120 valence electrons. The maximum absolute atomic E-state index is 13.0. The highest BCUT2D eigenvalue weighted by molar-refractivity contribution is 6.36. The molecule has 0 radical (unpaired) electrons. The maximum Gasteiger partial charge on any atom is 0.235 e. The Hall–Kier alpha value is -1.71. The molecule has 0 unspecified atom stereocenters. The standard InChI is InChI=1S/C18H17Cl2NO2/c1-23-16-6-3-2-5-13(16)18(9-4-10-18)17(22)21-15-8-7-12(19)11-14(15)20/h2-3,5-8,11H,4,9-10H2,1H3,(H,21,22). The fourth-order valence-corrected chi connectivity index (χ4v) is 3.48. The third-order valence-corrected chi connectivity index (χ3v) is 4.99. The molecule has 0 aliphatic heterocycles. The number of anilines is 1. The second kappa shape index (κ2) is 6.42. The second-order valence-electron chi connectivity index (χ2n) is 5.71. The summed E-state index contributed by atoms with van der Waals surface area (Å²) in [7, 11) is 1.62. The molecule has 0 spiro atoms. The van der Waals surface area contributed by atoms with E-state index >= 15 is 0 Å².